The molecule has 2 saturated heterocycles. The Balaban J connectivity index is 1.66. The molecule has 2 amide bonds. The van der Waals surface area contributed by atoms with Gasteiger partial charge in [-0.25, -0.2) is 0 Å². The standard InChI is InChI=1S/C14H22N2O2S/c17-13(11-5-1-2-6-11)16-10-19-9-12(16)14(18)15-7-3-4-8-15/h11-12H,1-10H2. The molecule has 106 valence electrons. The molecule has 0 N–H and O–H groups in total. The maximum absolute atomic E-state index is 12.5. The molecule has 5 heteroatoms. The van der Waals surface area contributed by atoms with E-state index in [1.54, 1.807) is 11.8 Å². The van der Waals surface area contributed by atoms with E-state index in [4.69, 9.17) is 0 Å². The van der Waals surface area contributed by atoms with Gasteiger partial charge in [0.15, 0.2) is 0 Å². The van der Waals surface area contributed by atoms with Crippen LogP contribution in [0.5, 0.6) is 0 Å². The number of rotatable bonds is 2. The number of carbonyl (C=O) groups excluding carboxylic acids is 2. The number of likely N-dealkylation sites (tertiary alicyclic amines) is 1. The van der Waals surface area contributed by atoms with Crippen LogP contribution in [0.25, 0.3) is 0 Å². The monoisotopic (exact) mass is 282 g/mol. The second kappa shape index (κ2) is 5.73. The van der Waals surface area contributed by atoms with Gasteiger partial charge in [-0.15, -0.1) is 11.8 Å². The summed E-state index contributed by atoms with van der Waals surface area (Å²) in [6, 6.07) is -0.184. The van der Waals surface area contributed by atoms with E-state index in [0.29, 0.717) is 5.88 Å². The van der Waals surface area contributed by atoms with Crippen molar-refractivity contribution in [1.82, 2.24) is 9.80 Å². The van der Waals surface area contributed by atoms with Crippen LogP contribution in [0, 0.1) is 5.92 Å². The Kier molecular flexibility index (Phi) is 4.01. The molecule has 3 aliphatic rings. The topological polar surface area (TPSA) is 40.6 Å². The highest BCUT2D eigenvalue weighted by Crippen LogP contribution is 2.31. The van der Waals surface area contributed by atoms with Crippen LogP contribution in [0.4, 0.5) is 0 Å². The number of amides is 2. The molecule has 2 heterocycles. The summed E-state index contributed by atoms with van der Waals surface area (Å²) in [7, 11) is 0. The first kappa shape index (κ1) is 13.3. The Morgan fingerprint density at radius 1 is 0.947 bits per heavy atom. The van der Waals surface area contributed by atoms with E-state index >= 15 is 0 Å². The summed E-state index contributed by atoms with van der Waals surface area (Å²) >= 11 is 1.72. The smallest absolute Gasteiger partial charge is 0.246 e. The number of hydrogen-bond acceptors (Lipinski definition) is 3. The minimum atomic E-state index is -0.184. The molecule has 1 saturated carbocycles. The molecule has 3 fully saturated rings. The lowest BCUT2D eigenvalue weighted by atomic mass is 10.1. The van der Waals surface area contributed by atoms with Gasteiger partial charge in [-0.1, -0.05) is 12.8 Å². The van der Waals surface area contributed by atoms with Crippen LogP contribution in [-0.2, 0) is 9.59 Å². The first-order valence-corrected chi connectivity index (χ1v) is 8.60. The Labute approximate surface area is 118 Å². The third-order valence-electron chi connectivity index (χ3n) is 4.57. The molecule has 0 aromatic rings. The fourth-order valence-corrected chi connectivity index (χ4v) is 4.58. The Morgan fingerprint density at radius 3 is 2.32 bits per heavy atom. The van der Waals surface area contributed by atoms with Crippen molar-refractivity contribution in [2.45, 2.75) is 44.6 Å². The number of thioether (sulfide) groups is 1. The van der Waals surface area contributed by atoms with E-state index in [1.165, 1.54) is 12.8 Å². The van der Waals surface area contributed by atoms with Crippen molar-refractivity contribution in [3.63, 3.8) is 0 Å². The van der Waals surface area contributed by atoms with Gasteiger partial charge < -0.3 is 9.80 Å². The highest BCUT2D eigenvalue weighted by atomic mass is 32.2. The summed E-state index contributed by atoms with van der Waals surface area (Å²) in [6.07, 6.45) is 6.60. The average Bonchev–Trinajstić information content (AvgIpc) is 3.16. The molecule has 19 heavy (non-hydrogen) atoms. The molecule has 0 aromatic heterocycles. The summed E-state index contributed by atoms with van der Waals surface area (Å²) in [5.41, 5.74) is 0. The maximum Gasteiger partial charge on any atom is 0.246 e. The molecule has 1 unspecified atom stereocenters. The minimum Gasteiger partial charge on any atom is -0.341 e. The molecule has 1 aliphatic carbocycles. The summed E-state index contributed by atoms with van der Waals surface area (Å²) in [6.45, 7) is 1.76. The maximum atomic E-state index is 12.5. The first-order chi connectivity index (χ1) is 9.27. The van der Waals surface area contributed by atoms with Gasteiger partial charge in [0.05, 0.1) is 5.88 Å². The summed E-state index contributed by atoms with van der Waals surface area (Å²) in [5, 5.41) is 0. The van der Waals surface area contributed by atoms with Crippen molar-refractivity contribution in [2.24, 2.45) is 5.92 Å². The normalized spacial score (nSPS) is 28.3. The van der Waals surface area contributed by atoms with E-state index in [1.807, 2.05) is 9.80 Å². The van der Waals surface area contributed by atoms with Crippen molar-refractivity contribution in [2.75, 3.05) is 24.7 Å². The fraction of sp³-hybridized carbons (Fsp3) is 0.857. The van der Waals surface area contributed by atoms with Crippen LogP contribution in [-0.4, -0.2) is 52.4 Å². The Bertz CT molecular complexity index is 328. The summed E-state index contributed by atoms with van der Waals surface area (Å²) in [5.74, 6) is 2.11. The predicted molar refractivity (Wildman–Crippen MR) is 75.7 cm³/mol. The van der Waals surface area contributed by atoms with E-state index in [9.17, 15) is 9.59 Å². The number of nitrogens with zero attached hydrogens (tertiary/aromatic N) is 2. The van der Waals surface area contributed by atoms with Crippen molar-refractivity contribution >= 4 is 23.6 Å². The molecular formula is C14H22N2O2S. The lowest BCUT2D eigenvalue weighted by molar-refractivity contribution is -0.144. The van der Waals surface area contributed by atoms with Gasteiger partial charge in [0.25, 0.3) is 0 Å². The number of hydrogen-bond donors (Lipinski definition) is 0. The van der Waals surface area contributed by atoms with Gasteiger partial charge in [0, 0.05) is 24.8 Å². The van der Waals surface area contributed by atoms with Gasteiger partial charge in [0.2, 0.25) is 11.8 Å². The zero-order valence-corrected chi connectivity index (χ0v) is 12.2. The van der Waals surface area contributed by atoms with Crippen LogP contribution in [0.2, 0.25) is 0 Å². The molecule has 0 bridgehead atoms. The Hall–Kier alpha value is -0.710. The van der Waals surface area contributed by atoms with Gasteiger partial charge >= 0.3 is 0 Å². The Morgan fingerprint density at radius 2 is 1.63 bits per heavy atom. The van der Waals surface area contributed by atoms with E-state index in [-0.39, 0.29) is 23.8 Å². The molecule has 2 aliphatic heterocycles. The molecule has 0 spiro atoms. The highest BCUT2D eigenvalue weighted by Gasteiger charge is 2.40. The van der Waals surface area contributed by atoms with Crippen LogP contribution < -0.4 is 0 Å². The van der Waals surface area contributed by atoms with Gasteiger partial charge in [-0.05, 0) is 25.7 Å². The molecule has 0 aromatic carbocycles. The SMILES string of the molecule is O=C(C1CSCN1C(=O)C1CCCC1)N1CCCC1. The second-order valence-corrected chi connectivity index (χ2v) is 6.84. The van der Waals surface area contributed by atoms with Crippen LogP contribution in [0.15, 0.2) is 0 Å². The van der Waals surface area contributed by atoms with E-state index in [0.717, 1.165) is 44.5 Å². The van der Waals surface area contributed by atoms with Gasteiger partial charge in [-0.2, -0.15) is 0 Å². The quantitative estimate of drug-likeness (QED) is 0.774. The fourth-order valence-electron chi connectivity index (χ4n) is 3.42. The first-order valence-electron chi connectivity index (χ1n) is 7.44. The van der Waals surface area contributed by atoms with Crippen LogP contribution >= 0.6 is 11.8 Å². The molecule has 0 radical (unpaired) electrons. The predicted octanol–water partition coefficient (Wildman–Crippen LogP) is 1.70. The van der Waals surface area contributed by atoms with E-state index < -0.39 is 0 Å². The van der Waals surface area contributed by atoms with Crippen LogP contribution in [0.1, 0.15) is 38.5 Å². The largest absolute Gasteiger partial charge is 0.341 e. The highest BCUT2D eigenvalue weighted by molar-refractivity contribution is 7.99. The molecule has 1 atom stereocenters. The minimum absolute atomic E-state index is 0.184. The lowest BCUT2D eigenvalue weighted by Gasteiger charge is -2.28. The second-order valence-electron chi connectivity index (χ2n) is 5.84. The zero-order valence-electron chi connectivity index (χ0n) is 11.3. The molecule has 4 nitrogen and oxygen atoms in total. The average molecular weight is 282 g/mol. The third kappa shape index (κ3) is 2.62. The van der Waals surface area contributed by atoms with Crippen molar-refractivity contribution in [1.29, 1.82) is 0 Å². The third-order valence-corrected chi connectivity index (χ3v) is 5.58. The summed E-state index contributed by atoms with van der Waals surface area (Å²) in [4.78, 5) is 28.8. The number of carbonyl (C=O) groups is 2. The van der Waals surface area contributed by atoms with Gasteiger partial charge in [-0.3, -0.25) is 9.59 Å². The summed E-state index contributed by atoms with van der Waals surface area (Å²) < 4.78 is 0. The van der Waals surface area contributed by atoms with E-state index in [2.05, 4.69) is 0 Å². The van der Waals surface area contributed by atoms with Crippen molar-refractivity contribution < 1.29 is 9.59 Å². The molecule has 3 rings (SSSR count). The van der Waals surface area contributed by atoms with Crippen molar-refractivity contribution in [3.8, 4) is 0 Å². The van der Waals surface area contributed by atoms with Crippen LogP contribution in [0.3, 0.4) is 0 Å². The zero-order chi connectivity index (χ0) is 13.2. The van der Waals surface area contributed by atoms with Crippen molar-refractivity contribution in [3.05, 3.63) is 0 Å². The lowest BCUT2D eigenvalue weighted by Crippen LogP contribution is -2.49. The molecular weight excluding hydrogens is 260 g/mol. The van der Waals surface area contributed by atoms with Gasteiger partial charge in [0.1, 0.15) is 6.04 Å².